The number of hydrogen-bond donors (Lipinski definition) is 0. The number of methoxy groups -OCH3 is 2. The Kier molecular flexibility index (Phi) is 5.71. The highest BCUT2D eigenvalue weighted by Gasteiger charge is 2.37. The number of ether oxygens (including phenoxy) is 3. The number of benzene rings is 2. The maximum atomic E-state index is 12.9. The van der Waals surface area contributed by atoms with Crippen LogP contribution in [0.2, 0.25) is 0 Å². The van der Waals surface area contributed by atoms with Crippen molar-refractivity contribution in [3.05, 3.63) is 52.9 Å². The van der Waals surface area contributed by atoms with Crippen molar-refractivity contribution >= 4 is 34.7 Å². The van der Waals surface area contributed by atoms with E-state index in [1.54, 1.807) is 62.8 Å². The molecule has 0 atom stereocenters. The van der Waals surface area contributed by atoms with Crippen molar-refractivity contribution < 1.29 is 23.8 Å². The number of thioether (sulfide) groups is 1. The highest BCUT2D eigenvalue weighted by atomic mass is 32.2. The number of carbonyl (C=O) groups excluding carboxylic acids is 2. The molecule has 0 aliphatic carbocycles. The van der Waals surface area contributed by atoms with E-state index in [0.29, 0.717) is 34.4 Å². The fourth-order valence-electron chi connectivity index (χ4n) is 2.69. The molecule has 2 amide bonds. The number of imide groups is 1. The Morgan fingerprint density at radius 3 is 2.44 bits per heavy atom. The van der Waals surface area contributed by atoms with Gasteiger partial charge < -0.3 is 14.2 Å². The smallest absolute Gasteiger partial charge is 0.298 e. The topological polar surface area (TPSA) is 65.1 Å². The summed E-state index contributed by atoms with van der Waals surface area (Å²) in [6.45, 7) is 2.29. The van der Waals surface area contributed by atoms with Gasteiger partial charge in [-0.15, -0.1) is 0 Å². The van der Waals surface area contributed by atoms with Gasteiger partial charge in [-0.1, -0.05) is 18.2 Å². The van der Waals surface area contributed by atoms with E-state index in [0.717, 1.165) is 22.2 Å². The average molecular weight is 385 g/mol. The molecule has 1 aliphatic rings. The summed E-state index contributed by atoms with van der Waals surface area (Å²) >= 11 is 0.893. The lowest BCUT2D eigenvalue weighted by Gasteiger charge is -2.16. The average Bonchev–Trinajstić information content (AvgIpc) is 2.95. The summed E-state index contributed by atoms with van der Waals surface area (Å²) < 4.78 is 16.0. The minimum Gasteiger partial charge on any atom is -0.493 e. The van der Waals surface area contributed by atoms with Crippen LogP contribution < -0.4 is 19.1 Å². The lowest BCUT2D eigenvalue weighted by Crippen LogP contribution is -2.28. The third-order valence-electron chi connectivity index (χ3n) is 3.91. The van der Waals surface area contributed by atoms with E-state index in [-0.39, 0.29) is 11.1 Å². The molecule has 6 nitrogen and oxygen atoms in total. The van der Waals surface area contributed by atoms with Crippen LogP contribution in [0.15, 0.2) is 47.4 Å². The van der Waals surface area contributed by atoms with Gasteiger partial charge in [0.2, 0.25) is 0 Å². The van der Waals surface area contributed by atoms with Gasteiger partial charge in [0.1, 0.15) is 5.75 Å². The molecule has 7 heteroatoms. The minimum atomic E-state index is -0.382. The van der Waals surface area contributed by atoms with Crippen molar-refractivity contribution in [1.82, 2.24) is 0 Å². The van der Waals surface area contributed by atoms with Crippen molar-refractivity contribution in [2.45, 2.75) is 6.92 Å². The number of carbonyl (C=O) groups is 2. The molecule has 1 saturated heterocycles. The number of rotatable bonds is 6. The first-order valence-corrected chi connectivity index (χ1v) is 9.12. The minimum absolute atomic E-state index is 0.332. The van der Waals surface area contributed by atoms with Crippen LogP contribution in [0.25, 0.3) is 6.08 Å². The summed E-state index contributed by atoms with van der Waals surface area (Å²) in [5.74, 6) is 1.25. The van der Waals surface area contributed by atoms with E-state index in [1.807, 2.05) is 6.92 Å². The number of anilines is 1. The predicted molar refractivity (Wildman–Crippen MR) is 106 cm³/mol. The number of nitrogens with zero attached hydrogens (tertiary/aromatic N) is 1. The molecular formula is C20H19NO5S. The van der Waals surface area contributed by atoms with E-state index < -0.39 is 0 Å². The molecule has 2 aromatic rings. The molecule has 0 saturated carbocycles. The largest absolute Gasteiger partial charge is 0.493 e. The van der Waals surface area contributed by atoms with Crippen LogP contribution in [0.5, 0.6) is 17.2 Å². The first-order valence-electron chi connectivity index (χ1n) is 8.30. The van der Waals surface area contributed by atoms with Crippen LogP contribution >= 0.6 is 11.8 Å². The summed E-state index contributed by atoms with van der Waals surface area (Å²) in [4.78, 5) is 26.8. The highest BCUT2D eigenvalue weighted by Crippen LogP contribution is 2.40. The zero-order valence-corrected chi connectivity index (χ0v) is 16.0. The second-order valence-corrected chi connectivity index (χ2v) is 6.53. The van der Waals surface area contributed by atoms with Crippen molar-refractivity contribution in [2.75, 3.05) is 25.7 Å². The van der Waals surface area contributed by atoms with Gasteiger partial charge in [-0.05, 0) is 54.6 Å². The Hall–Kier alpha value is -2.93. The molecule has 2 aromatic carbocycles. The fraction of sp³-hybridized carbons (Fsp3) is 0.200. The molecule has 0 radical (unpaired) electrons. The van der Waals surface area contributed by atoms with Crippen LogP contribution in [-0.2, 0) is 4.79 Å². The molecule has 0 unspecified atom stereocenters. The normalized spacial score (nSPS) is 15.4. The first-order chi connectivity index (χ1) is 13.1. The van der Waals surface area contributed by atoms with Crippen LogP contribution in [0.3, 0.4) is 0 Å². The SMILES string of the molecule is CCOc1ccccc1N1C(=O)S/C(=C\c2ccc(OC)c(OC)c2)C1=O. The zero-order chi connectivity index (χ0) is 19.4. The lowest BCUT2D eigenvalue weighted by atomic mass is 10.2. The Morgan fingerprint density at radius 1 is 1.00 bits per heavy atom. The van der Waals surface area contributed by atoms with Crippen LogP contribution in [-0.4, -0.2) is 32.0 Å². The van der Waals surface area contributed by atoms with Crippen LogP contribution in [0.4, 0.5) is 10.5 Å². The third kappa shape index (κ3) is 3.78. The molecule has 1 heterocycles. The van der Waals surface area contributed by atoms with Gasteiger partial charge >= 0.3 is 0 Å². The van der Waals surface area contributed by atoms with E-state index >= 15 is 0 Å². The Bertz CT molecular complexity index is 909. The molecular weight excluding hydrogens is 366 g/mol. The van der Waals surface area contributed by atoms with E-state index in [9.17, 15) is 9.59 Å². The van der Waals surface area contributed by atoms with Crippen molar-refractivity contribution in [1.29, 1.82) is 0 Å². The van der Waals surface area contributed by atoms with Gasteiger partial charge in [-0.25, -0.2) is 4.90 Å². The third-order valence-corrected chi connectivity index (χ3v) is 4.77. The van der Waals surface area contributed by atoms with E-state index in [4.69, 9.17) is 14.2 Å². The maximum Gasteiger partial charge on any atom is 0.298 e. The summed E-state index contributed by atoms with van der Waals surface area (Å²) in [5.41, 5.74) is 1.17. The van der Waals surface area contributed by atoms with Crippen LogP contribution in [0.1, 0.15) is 12.5 Å². The molecule has 3 rings (SSSR count). The number of para-hydroxylation sites is 2. The van der Waals surface area contributed by atoms with Crippen molar-refractivity contribution in [2.24, 2.45) is 0 Å². The highest BCUT2D eigenvalue weighted by molar-refractivity contribution is 8.19. The summed E-state index contributed by atoms with van der Waals surface area (Å²) in [5, 5.41) is -0.362. The van der Waals surface area contributed by atoms with Gasteiger partial charge in [0.15, 0.2) is 11.5 Å². The number of amides is 2. The van der Waals surface area contributed by atoms with E-state index in [1.165, 1.54) is 0 Å². The molecule has 0 spiro atoms. The molecule has 27 heavy (non-hydrogen) atoms. The molecule has 140 valence electrons. The predicted octanol–water partition coefficient (Wildman–Crippen LogP) is 4.34. The van der Waals surface area contributed by atoms with Gasteiger partial charge in [-0.2, -0.15) is 0 Å². The van der Waals surface area contributed by atoms with Crippen molar-refractivity contribution in [3.8, 4) is 17.2 Å². The molecule has 0 N–H and O–H groups in total. The molecule has 1 aliphatic heterocycles. The molecule has 0 bridgehead atoms. The van der Waals surface area contributed by atoms with Gasteiger partial charge in [0, 0.05) is 0 Å². The second-order valence-electron chi connectivity index (χ2n) is 5.53. The standard InChI is InChI=1S/C20H19NO5S/c1-4-26-15-8-6-5-7-14(15)21-19(22)18(27-20(21)23)12-13-9-10-16(24-2)17(11-13)25-3/h5-12H,4H2,1-3H3/b18-12-. The maximum absolute atomic E-state index is 12.9. The first kappa shape index (κ1) is 18.8. The Labute approximate surface area is 161 Å². The fourth-order valence-corrected chi connectivity index (χ4v) is 3.52. The summed E-state index contributed by atoms with van der Waals surface area (Å²) in [6, 6.07) is 12.3. The Morgan fingerprint density at radius 2 is 1.74 bits per heavy atom. The number of hydrogen-bond acceptors (Lipinski definition) is 6. The van der Waals surface area contributed by atoms with Crippen molar-refractivity contribution in [3.63, 3.8) is 0 Å². The van der Waals surface area contributed by atoms with E-state index in [2.05, 4.69) is 0 Å². The van der Waals surface area contributed by atoms with Crippen LogP contribution in [0, 0.1) is 0 Å². The molecule has 0 aromatic heterocycles. The van der Waals surface area contributed by atoms with Gasteiger partial charge in [0.25, 0.3) is 11.1 Å². The van der Waals surface area contributed by atoms with Gasteiger partial charge in [0.05, 0.1) is 31.4 Å². The Balaban J connectivity index is 1.94. The second kappa shape index (κ2) is 8.18. The lowest BCUT2D eigenvalue weighted by molar-refractivity contribution is -0.113. The summed E-state index contributed by atoms with van der Waals surface area (Å²) in [6.07, 6.45) is 1.66. The monoisotopic (exact) mass is 385 g/mol. The summed E-state index contributed by atoms with van der Waals surface area (Å²) in [7, 11) is 3.10. The quantitative estimate of drug-likeness (QED) is 0.689. The zero-order valence-electron chi connectivity index (χ0n) is 15.2. The molecule has 1 fully saturated rings. The van der Waals surface area contributed by atoms with Gasteiger partial charge in [-0.3, -0.25) is 9.59 Å².